The van der Waals surface area contributed by atoms with Crippen molar-refractivity contribution in [1.29, 1.82) is 0 Å². The van der Waals surface area contributed by atoms with Crippen LogP contribution in [0.15, 0.2) is 58.8 Å². The van der Waals surface area contributed by atoms with Crippen LogP contribution < -0.4 is 0 Å². The first-order valence-electron chi connectivity index (χ1n) is 7.92. The number of aromatic amines is 1. The summed E-state index contributed by atoms with van der Waals surface area (Å²) in [4.78, 5) is 10.5. The average Bonchev–Trinajstić information content (AvgIpc) is 3.23. The molecule has 0 spiro atoms. The molecule has 1 N–H and O–H groups in total. The number of fused-ring (bicyclic) bond motifs is 1. The maximum Gasteiger partial charge on any atom is 0.121 e. The standard InChI is InChI=1S/C19H19N3S/c1-2-4-18-17(3-1)20-19(21-18)13-22-10-7-15(8-11-22)5-6-16-9-12-23-14-16/h1-7,9,12,14H,8,10-11,13H2,(H,20,21). The summed E-state index contributed by atoms with van der Waals surface area (Å²) >= 11 is 1.74. The van der Waals surface area contributed by atoms with Crippen LogP contribution in [0, 0.1) is 0 Å². The summed E-state index contributed by atoms with van der Waals surface area (Å²) in [5.74, 6) is 1.05. The van der Waals surface area contributed by atoms with Crippen molar-refractivity contribution >= 4 is 28.4 Å². The zero-order valence-corrected chi connectivity index (χ0v) is 13.7. The molecular weight excluding hydrogens is 302 g/mol. The van der Waals surface area contributed by atoms with Crippen molar-refractivity contribution < 1.29 is 0 Å². The molecule has 1 aliphatic heterocycles. The molecule has 0 atom stereocenters. The van der Waals surface area contributed by atoms with E-state index in [0.29, 0.717) is 0 Å². The van der Waals surface area contributed by atoms with Gasteiger partial charge in [0.05, 0.1) is 17.6 Å². The molecule has 4 rings (SSSR count). The number of aromatic nitrogens is 2. The lowest BCUT2D eigenvalue weighted by Crippen LogP contribution is -2.28. The van der Waals surface area contributed by atoms with Gasteiger partial charge in [0.2, 0.25) is 0 Å². The first kappa shape index (κ1) is 14.4. The highest BCUT2D eigenvalue weighted by molar-refractivity contribution is 7.08. The van der Waals surface area contributed by atoms with Crippen molar-refractivity contribution in [1.82, 2.24) is 14.9 Å². The van der Waals surface area contributed by atoms with Crippen molar-refractivity contribution in [2.45, 2.75) is 13.0 Å². The monoisotopic (exact) mass is 321 g/mol. The summed E-state index contributed by atoms with van der Waals surface area (Å²) in [5, 5.41) is 4.29. The van der Waals surface area contributed by atoms with Crippen LogP contribution in [0.1, 0.15) is 17.8 Å². The van der Waals surface area contributed by atoms with E-state index in [4.69, 9.17) is 0 Å². The summed E-state index contributed by atoms with van der Waals surface area (Å²) in [7, 11) is 0. The fourth-order valence-corrected chi connectivity index (χ4v) is 3.52. The van der Waals surface area contributed by atoms with E-state index >= 15 is 0 Å². The van der Waals surface area contributed by atoms with Crippen LogP contribution in [-0.2, 0) is 6.54 Å². The Hall–Kier alpha value is -2.17. The Kier molecular flexibility index (Phi) is 4.09. The third-order valence-corrected chi connectivity index (χ3v) is 4.87. The number of H-pyrrole nitrogens is 1. The van der Waals surface area contributed by atoms with Crippen molar-refractivity contribution in [2.75, 3.05) is 13.1 Å². The number of nitrogens with zero attached hydrogens (tertiary/aromatic N) is 2. The van der Waals surface area contributed by atoms with Gasteiger partial charge in [-0.3, -0.25) is 4.90 Å². The summed E-state index contributed by atoms with van der Waals surface area (Å²) in [6, 6.07) is 10.4. The molecule has 0 fully saturated rings. The first-order chi connectivity index (χ1) is 11.4. The van der Waals surface area contributed by atoms with Crippen molar-refractivity contribution in [3.8, 4) is 0 Å². The fourth-order valence-electron chi connectivity index (χ4n) is 2.89. The summed E-state index contributed by atoms with van der Waals surface area (Å²) < 4.78 is 0. The Morgan fingerprint density at radius 2 is 2.17 bits per heavy atom. The molecule has 4 heteroatoms. The molecule has 3 heterocycles. The molecular formula is C19H19N3S. The molecule has 0 saturated heterocycles. The molecule has 0 radical (unpaired) electrons. The Labute approximate surface area is 140 Å². The second-order valence-electron chi connectivity index (χ2n) is 5.85. The molecule has 0 saturated carbocycles. The second-order valence-corrected chi connectivity index (χ2v) is 6.63. The predicted octanol–water partition coefficient (Wildman–Crippen LogP) is 4.47. The SMILES string of the molecule is C(=Cc1ccsc1)C1=CCN(Cc2nc3ccccc3[nH]2)CC1. The maximum absolute atomic E-state index is 4.67. The number of imidazole rings is 1. The number of hydrogen-bond donors (Lipinski definition) is 1. The topological polar surface area (TPSA) is 31.9 Å². The Bertz CT molecular complexity index is 810. The quantitative estimate of drug-likeness (QED) is 0.769. The smallest absolute Gasteiger partial charge is 0.121 e. The molecule has 3 aromatic rings. The highest BCUT2D eigenvalue weighted by atomic mass is 32.1. The van der Waals surface area contributed by atoms with Crippen LogP contribution in [0.5, 0.6) is 0 Å². The molecule has 116 valence electrons. The van der Waals surface area contributed by atoms with E-state index in [-0.39, 0.29) is 0 Å². The van der Waals surface area contributed by atoms with E-state index in [1.807, 2.05) is 12.1 Å². The zero-order chi connectivity index (χ0) is 15.5. The minimum absolute atomic E-state index is 0.882. The van der Waals surface area contributed by atoms with Gasteiger partial charge in [0.15, 0.2) is 0 Å². The minimum Gasteiger partial charge on any atom is -0.341 e. The van der Waals surface area contributed by atoms with E-state index < -0.39 is 0 Å². The van der Waals surface area contributed by atoms with Gasteiger partial charge in [-0.1, -0.05) is 30.4 Å². The van der Waals surface area contributed by atoms with Crippen LogP contribution in [0.2, 0.25) is 0 Å². The van der Waals surface area contributed by atoms with Gasteiger partial charge >= 0.3 is 0 Å². The van der Waals surface area contributed by atoms with Crippen LogP contribution in [0.3, 0.4) is 0 Å². The Balaban J connectivity index is 1.39. The third-order valence-electron chi connectivity index (χ3n) is 4.17. The van der Waals surface area contributed by atoms with Gasteiger partial charge in [-0.25, -0.2) is 4.98 Å². The lowest BCUT2D eigenvalue weighted by Gasteiger charge is -2.24. The van der Waals surface area contributed by atoms with Crippen LogP contribution in [-0.4, -0.2) is 28.0 Å². The number of allylic oxidation sites excluding steroid dienone is 1. The van der Waals surface area contributed by atoms with Gasteiger partial charge in [0.25, 0.3) is 0 Å². The predicted molar refractivity (Wildman–Crippen MR) is 97.4 cm³/mol. The fraction of sp³-hybridized carbons (Fsp3) is 0.211. The number of thiophene rings is 1. The molecule has 0 bridgehead atoms. The number of para-hydroxylation sites is 2. The molecule has 0 unspecified atom stereocenters. The highest BCUT2D eigenvalue weighted by Crippen LogP contribution is 2.17. The minimum atomic E-state index is 0.882. The summed E-state index contributed by atoms with van der Waals surface area (Å²) in [5.41, 5.74) is 4.89. The largest absolute Gasteiger partial charge is 0.341 e. The average molecular weight is 321 g/mol. The number of benzene rings is 1. The van der Waals surface area contributed by atoms with Gasteiger partial charge < -0.3 is 4.98 Å². The molecule has 3 nitrogen and oxygen atoms in total. The molecule has 1 aromatic carbocycles. The van der Waals surface area contributed by atoms with Gasteiger partial charge in [0.1, 0.15) is 5.82 Å². The van der Waals surface area contributed by atoms with E-state index in [2.05, 4.69) is 62.1 Å². The second kappa shape index (κ2) is 6.52. The van der Waals surface area contributed by atoms with Crippen molar-refractivity contribution in [3.05, 3.63) is 70.2 Å². The lowest BCUT2D eigenvalue weighted by molar-refractivity contribution is 0.281. The van der Waals surface area contributed by atoms with Crippen LogP contribution in [0.25, 0.3) is 17.1 Å². The molecule has 0 aliphatic carbocycles. The molecule has 0 amide bonds. The van der Waals surface area contributed by atoms with Crippen molar-refractivity contribution in [3.63, 3.8) is 0 Å². The maximum atomic E-state index is 4.67. The molecule has 1 aliphatic rings. The third kappa shape index (κ3) is 3.44. The van der Waals surface area contributed by atoms with E-state index in [9.17, 15) is 0 Å². The van der Waals surface area contributed by atoms with E-state index in [0.717, 1.165) is 42.9 Å². The van der Waals surface area contributed by atoms with E-state index in [1.165, 1.54) is 11.1 Å². The Morgan fingerprint density at radius 3 is 2.96 bits per heavy atom. The molecule has 2 aromatic heterocycles. The Morgan fingerprint density at radius 1 is 1.22 bits per heavy atom. The van der Waals surface area contributed by atoms with Crippen LogP contribution in [0.4, 0.5) is 0 Å². The normalized spacial score (nSPS) is 16.3. The van der Waals surface area contributed by atoms with Gasteiger partial charge in [-0.05, 0) is 46.5 Å². The first-order valence-corrected chi connectivity index (χ1v) is 8.86. The van der Waals surface area contributed by atoms with Gasteiger partial charge in [-0.2, -0.15) is 11.3 Å². The van der Waals surface area contributed by atoms with Crippen molar-refractivity contribution in [2.24, 2.45) is 0 Å². The summed E-state index contributed by atoms with van der Waals surface area (Å²) in [6.07, 6.45) is 7.88. The van der Waals surface area contributed by atoms with Crippen LogP contribution >= 0.6 is 11.3 Å². The van der Waals surface area contributed by atoms with E-state index in [1.54, 1.807) is 11.3 Å². The summed E-state index contributed by atoms with van der Waals surface area (Å²) in [6.45, 7) is 2.95. The zero-order valence-electron chi connectivity index (χ0n) is 12.9. The van der Waals surface area contributed by atoms with Gasteiger partial charge in [-0.15, -0.1) is 0 Å². The highest BCUT2D eigenvalue weighted by Gasteiger charge is 2.12. The number of hydrogen-bond acceptors (Lipinski definition) is 3. The number of rotatable bonds is 4. The van der Waals surface area contributed by atoms with Gasteiger partial charge in [0, 0.05) is 13.1 Å². The lowest BCUT2D eigenvalue weighted by atomic mass is 10.1. The molecule has 23 heavy (non-hydrogen) atoms. The number of nitrogens with one attached hydrogen (secondary N) is 1.